The summed E-state index contributed by atoms with van der Waals surface area (Å²) in [6.45, 7) is -1.38. The highest BCUT2D eigenvalue weighted by molar-refractivity contribution is 6.09. The lowest BCUT2D eigenvalue weighted by Gasteiger charge is -2.23. The lowest BCUT2D eigenvalue weighted by molar-refractivity contribution is 0.102. The molecule has 3 N–H and O–H groups in total. The van der Waals surface area contributed by atoms with E-state index in [0.717, 1.165) is 47.9 Å². The summed E-state index contributed by atoms with van der Waals surface area (Å²) in [4.78, 5) is 27.7. The maximum Gasteiger partial charge on any atom is 0.276 e. The second-order valence-corrected chi connectivity index (χ2v) is 9.29. The van der Waals surface area contributed by atoms with E-state index in [9.17, 15) is 18.4 Å². The number of nitrogens with zero attached hydrogens (tertiary/aromatic N) is 5. The average Bonchev–Trinajstić information content (AvgIpc) is 3.39. The number of benzene rings is 2. The highest BCUT2D eigenvalue weighted by atomic mass is 19.1. The van der Waals surface area contributed by atoms with Gasteiger partial charge in [-0.15, -0.1) is 0 Å². The second kappa shape index (κ2) is 7.95. The van der Waals surface area contributed by atoms with Gasteiger partial charge in [-0.1, -0.05) is 6.07 Å². The molecule has 2 aliphatic rings. The fourth-order valence-corrected chi connectivity index (χ4v) is 4.95. The average molecular weight is 495 g/mol. The molecular formula is C25H23F2N7O2. The van der Waals surface area contributed by atoms with Crippen LogP contribution in [-0.4, -0.2) is 44.6 Å². The third kappa shape index (κ3) is 3.46. The van der Waals surface area contributed by atoms with Crippen LogP contribution in [-0.2, 0) is 6.98 Å². The number of anilines is 2. The Morgan fingerprint density at radius 3 is 2.64 bits per heavy atom. The Kier molecular flexibility index (Phi) is 4.22. The smallest absolute Gasteiger partial charge is 0.276 e. The Morgan fingerprint density at radius 2 is 1.94 bits per heavy atom. The van der Waals surface area contributed by atoms with Gasteiger partial charge in [0.2, 0.25) is 0 Å². The van der Waals surface area contributed by atoms with Crippen molar-refractivity contribution in [3.8, 4) is 5.69 Å². The van der Waals surface area contributed by atoms with Gasteiger partial charge >= 0.3 is 0 Å². The molecule has 11 heteroatoms. The number of hydrogen-bond acceptors (Lipinski definition) is 6. The van der Waals surface area contributed by atoms with Gasteiger partial charge in [0, 0.05) is 47.1 Å². The van der Waals surface area contributed by atoms with E-state index in [1.807, 2.05) is 4.90 Å². The van der Waals surface area contributed by atoms with Crippen LogP contribution in [0, 0.1) is 17.0 Å². The van der Waals surface area contributed by atoms with Crippen molar-refractivity contribution in [3.63, 3.8) is 0 Å². The lowest BCUT2D eigenvalue weighted by Crippen LogP contribution is -2.30. The van der Waals surface area contributed by atoms with Crippen molar-refractivity contribution in [2.45, 2.75) is 18.9 Å². The molecule has 4 aromatic rings. The highest BCUT2D eigenvalue weighted by Crippen LogP contribution is 2.54. The molecule has 1 aliphatic heterocycles. The number of fused-ring (bicyclic) bond motifs is 1. The zero-order valence-electron chi connectivity index (χ0n) is 21.9. The van der Waals surface area contributed by atoms with Gasteiger partial charge in [-0.3, -0.25) is 14.3 Å². The van der Waals surface area contributed by atoms with Gasteiger partial charge in [-0.2, -0.15) is 14.9 Å². The first-order valence-electron chi connectivity index (χ1n) is 12.9. The first kappa shape index (κ1) is 19.1. The van der Waals surface area contributed by atoms with Crippen LogP contribution in [0.2, 0.25) is 0 Å². The highest BCUT2D eigenvalue weighted by Gasteiger charge is 2.54. The maximum absolute atomic E-state index is 14.4. The van der Waals surface area contributed by atoms with E-state index in [4.69, 9.17) is 9.85 Å². The van der Waals surface area contributed by atoms with E-state index in [2.05, 4.69) is 15.5 Å². The Labute approximate surface area is 208 Å². The van der Waals surface area contributed by atoms with Crippen LogP contribution in [0.25, 0.3) is 16.6 Å². The van der Waals surface area contributed by atoms with E-state index in [1.54, 1.807) is 12.1 Å². The van der Waals surface area contributed by atoms with E-state index in [-0.39, 0.29) is 17.2 Å². The largest absolute Gasteiger partial charge is 0.367 e. The first-order chi connectivity index (χ1) is 18.5. The van der Waals surface area contributed by atoms with Gasteiger partial charge in [-0.25, -0.2) is 8.78 Å². The van der Waals surface area contributed by atoms with Crippen molar-refractivity contribution >= 4 is 28.2 Å². The molecule has 3 heterocycles. The van der Waals surface area contributed by atoms with Crippen molar-refractivity contribution in [1.82, 2.24) is 19.6 Å². The van der Waals surface area contributed by atoms with E-state index in [0.29, 0.717) is 40.0 Å². The number of rotatable bonds is 4. The minimum atomic E-state index is -2.51. The number of amides is 1. The number of para-hydroxylation sites is 1. The van der Waals surface area contributed by atoms with Gasteiger partial charge in [0.1, 0.15) is 11.4 Å². The number of nitrogens with one attached hydrogen (secondary N) is 1. The lowest BCUT2D eigenvalue weighted by atomic mass is 10.0. The van der Waals surface area contributed by atoms with Crippen LogP contribution in [0.4, 0.5) is 20.2 Å². The molecule has 0 bridgehead atoms. The molecule has 1 saturated carbocycles. The molecular weight excluding hydrogens is 468 g/mol. The van der Waals surface area contributed by atoms with Crippen LogP contribution in [0.15, 0.2) is 53.5 Å². The molecule has 184 valence electrons. The molecule has 0 radical (unpaired) electrons. The normalized spacial score (nSPS) is 19.8. The molecule has 0 unspecified atom stereocenters. The van der Waals surface area contributed by atoms with E-state index < -0.39 is 35.8 Å². The molecule has 2 aromatic carbocycles. The Hall–Kier alpha value is -4.12. The van der Waals surface area contributed by atoms with Crippen molar-refractivity contribution in [3.05, 3.63) is 76.3 Å². The first-order valence-corrected chi connectivity index (χ1v) is 11.4. The monoisotopic (exact) mass is 494 g/mol. The molecule has 1 atom stereocenters. The Morgan fingerprint density at radius 1 is 1.17 bits per heavy atom. The van der Waals surface area contributed by atoms with Crippen LogP contribution in [0.1, 0.15) is 27.4 Å². The summed E-state index contributed by atoms with van der Waals surface area (Å²) in [6.07, 6.45) is 3.40. The van der Waals surface area contributed by atoms with Gasteiger partial charge in [0.05, 0.1) is 23.1 Å². The molecule has 1 aliphatic carbocycles. The van der Waals surface area contributed by atoms with Crippen LogP contribution >= 0.6 is 0 Å². The fourth-order valence-electron chi connectivity index (χ4n) is 4.95. The molecule has 2 aromatic heterocycles. The molecule has 6 rings (SSSR count). The van der Waals surface area contributed by atoms with Gasteiger partial charge in [0.15, 0.2) is 11.6 Å². The van der Waals surface area contributed by atoms with Crippen molar-refractivity contribution in [1.29, 1.82) is 0 Å². The number of hydrogen-bond donors (Lipinski definition) is 2. The zero-order valence-corrected chi connectivity index (χ0v) is 18.9. The van der Waals surface area contributed by atoms with Crippen molar-refractivity contribution in [2.24, 2.45) is 18.1 Å². The topological polar surface area (TPSA) is 111 Å². The number of halogens is 2. The summed E-state index contributed by atoms with van der Waals surface area (Å²) >= 11 is 0. The van der Waals surface area contributed by atoms with Crippen LogP contribution < -0.4 is 21.5 Å². The van der Waals surface area contributed by atoms with Gasteiger partial charge < -0.3 is 16.0 Å². The number of carbonyl (C=O) groups is 1. The van der Waals surface area contributed by atoms with E-state index >= 15 is 0 Å². The summed E-state index contributed by atoms with van der Waals surface area (Å²) < 4.78 is 53.6. The second-order valence-electron chi connectivity index (χ2n) is 9.29. The van der Waals surface area contributed by atoms with Crippen molar-refractivity contribution in [2.75, 3.05) is 23.3 Å². The van der Waals surface area contributed by atoms with E-state index in [1.165, 1.54) is 6.20 Å². The molecule has 2 fully saturated rings. The standard InChI is InChI=1S/C25H23F2N7O2/c1-32-19-7-5-17(22(14(19)11-29-32)33-12-20(28)25(13-33)9-10-25)30-24(36)18-6-8-21(35)34(31-18)23-15(26)3-2-4-16(23)27/h2-8,11,20H,9-10,12-13,28H2,1H3,(H,30,36)/t20-/m0/s1/i1D3. The van der Waals surface area contributed by atoms with Crippen LogP contribution in [0.3, 0.4) is 0 Å². The maximum atomic E-state index is 14.4. The molecule has 1 spiro atoms. The van der Waals surface area contributed by atoms with Gasteiger partial charge in [-0.05, 0) is 43.2 Å². The summed E-state index contributed by atoms with van der Waals surface area (Å²) in [5.74, 6) is -2.77. The summed E-state index contributed by atoms with van der Waals surface area (Å²) in [6, 6.07) is 8.28. The van der Waals surface area contributed by atoms with Crippen molar-refractivity contribution < 1.29 is 17.7 Å². The minimum absolute atomic E-state index is 0.0235. The third-order valence-corrected chi connectivity index (χ3v) is 7.07. The summed E-state index contributed by atoms with van der Waals surface area (Å²) in [5, 5.41) is 11.3. The zero-order chi connectivity index (χ0) is 27.7. The SMILES string of the molecule is [2H]C([2H])([2H])n1ncc2c(N3C[C@H](N)C4(CC4)C3)c(NC(=O)c3ccc(=O)n(-c4c(F)cccc4F)n3)ccc21. The molecule has 1 saturated heterocycles. The number of nitrogens with two attached hydrogens (primary N) is 1. The molecule has 1 amide bonds. The third-order valence-electron chi connectivity index (χ3n) is 7.07. The predicted molar refractivity (Wildman–Crippen MR) is 130 cm³/mol. The van der Waals surface area contributed by atoms with Crippen LogP contribution in [0.5, 0.6) is 0 Å². The summed E-state index contributed by atoms with van der Waals surface area (Å²) in [7, 11) is 0. The minimum Gasteiger partial charge on any atom is -0.367 e. The fraction of sp³-hybridized carbons (Fsp3) is 0.280. The predicted octanol–water partition coefficient (Wildman–Crippen LogP) is 2.58. The Bertz CT molecular complexity index is 1680. The molecule has 9 nitrogen and oxygen atoms in total. The Balaban J connectivity index is 1.41. The number of carbonyl (C=O) groups excluding carboxylic acids is 1. The number of aryl methyl sites for hydroxylation is 1. The van der Waals surface area contributed by atoms with Gasteiger partial charge in [0.25, 0.3) is 11.5 Å². The summed E-state index contributed by atoms with van der Waals surface area (Å²) in [5.41, 5.74) is 5.88. The quantitative estimate of drug-likeness (QED) is 0.451. The molecule has 36 heavy (non-hydrogen) atoms. The number of aromatic nitrogens is 4.